The van der Waals surface area contributed by atoms with Crippen LogP contribution in [0, 0.1) is 0 Å². The van der Waals surface area contributed by atoms with E-state index in [0.29, 0.717) is 19.4 Å². The highest BCUT2D eigenvalue weighted by atomic mass is 32.2. The average molecular weight is 393 g/mol. The molecule has 0 aliphatic rings. The molecule has 2 N–H and O–H groups in total. The van der Waals surface area contributed by atoms with Crippen LogP contribution in [-0.4, -0.2) is 29.9 Å². The molecule has 0 aromatic rings. The topological polar surface area (TPSA) is 74.6 Å². The number of hydrogen-bond acceptors (Lipinski definition) is 3. The Bertz CT molecular complexity index is 381. The summed E-state index contributed by atoms with van der Waals surface area (Å²) in [6.45, 7) is 2.16. The van der Waals surface area contributed by atoms with Gasteiger partial charge in [-0.15, -0.1) is 0 Å². The van der Waals surface area contributed by atoms with Gasteiger partial charge in [0.2, 0.25) is 0 Å². The molecule has 0 radical (unpaired) electrons. The maximum absolute atomic E-state index is 11.1. The Balaban J connectivity index is 3.20. The molecule has 0 saturated heterocycles. The van der Waals surface area contributed by atoms with Crippen molar-refractivity contribution in [1.29, 1.82) is 0 Å². The monoisotopic (exact) mass is 392 g/mol. The van der Waals surface area contributed by atoms with Gasteiger partial charge in [0.15, 0.2) is 0 Å². The molecule has 1 atom stereocenters. The third kappa shape index (κ3) is 17.3. The number of hydrogen-bond donors (Lipinski definition) is 2. The van der Waals surface area contributed by atoms with Crippen LogP contribution >= 0.6 is 0 Å². The smallest absolute Gasteiger partial charge is 0.267 e. The van der Waals surface area contributed by atoms with Crippen molar-refractivity contribution in [3.8, 4) is 0 Å². The summed E-state index contributed by atoms with van der Waals surface area (Å²) in [4.78, 5) is 0. The van der Waals surface area contributed by atoms with Gasteiger partial charge in [-0.25, -0.2) is 0 Å². The molecule has 0 spiro atoms. The quantitative estimate of drug-likeness (QED) is 0.189. The number of unbranched alkanes of at least 4 members (excludes halogenated alkanes) is 15. The molecule has 158 valence electrons. The lowest BCUT2D eigenvalue weighted by atomic mass is 10.0. The van der Waals surface area contributed by atoms with E-state index in [1.165, 1.54) is 83.5 Å². The first kappa shape index (κ1) is 25.9. The second kappa shape index (κ2) is 18.2. The SMILES string of the molecule is CCC(CCCCCCCCCCCCCCCCCCO)S(=O)(=O)O. The maximum atomic E-state index is 11.1. The third-order valence-electron chi connectivity index (χ3n) is 5.31. The van der Waals surface area contributed by atoms with Crippen molar-refractivity contribution in [2.75, 3.05) is 6.61 Å². The third-order valence-corrected chi connectivity index (χ3v) is 6.72. The highest BCUT2D eigenvalue weighted by molar-refractivity contribution is 7.86. The van der Waals surface area contributed by atoms with Crippen LogP contribution in [0.4, 0.5) is 0 Å². The molecule has 0 saturated carbocycles. The average Bonchev–Trinajstić information content (AvgIpc) is 2.59. The van der Waals surface area contributed by atoms with Crippen molar-refractivity contribution in [2.24, 2.45) is 0 Å². The minimum atomic E-state index is -3.85. The Morgan fingerprint density at radius 1 is 0.615 bits per heavy atom. The lowest BCUT2D eigenvalue weighted by molar-refractivity contribution is 0.282. The fourth-order valence-electron chi connectivity index (χ4n) is 3.52. The number of aliphatic hydroxyl groups excluding tert-OH is 1. The summed E-state index contributed by atoms with van der Waals surface area (Å²) in [7, 11) is -3.85. The van der Waals surface area contributed by atoms with E-state index in [1.807, 2.05) is 6.92 Å². The summed E-state index contributed by atoms with van der Waals surface area (Å²) in [5, 5.41) is 8.14. The van der Waals surface area contributed by atoms with Gasteiger partial charge in [-0.3, -0.25) is 4.55 Å². The van der Waals surface area contributed by atoms with Crippen LogP contribution in [-0.2, 0) is 10.1 Å². The molecule has 0 aromatic heterocycles. The van der Waals surface area contributed by atoms with Crippen molar-refractivity contribution < 1.29 is 18.1 Å². The van der Waals surface area contributed by atoms with Crippen molar-refractivity contribution in [2.45, 2.75) is 128 Å². The zero-order chi connectivity index (χ0) is 19.5. The predicted octanol–water partition coefficient (Wildman–Crippen LogP) is 6.28. The van der Waals surface area contributed by atoms with E-state index in [9.17, 15) is 8.42 Å². The summed E-state index contributed by atoms with van der Waals surface area (Å²) < 4.78 is 31.3. The van der Waals surface area contributed by atoms with Gasteiger partial charge in [-0.2, -0.15) is 8.42 Å². The van der Waals surface area contributed by atoms with E-state index < -0.39 is 15.4 Å². The van der Waals surface area contributed by atoms with Crippen LogP contribution in [0.3, 0.4) is 0 Å². The first-order valence-electron chi connectivity index (χ1n) is 11.1. The van der Waals surface area contributed by atoms with Crippen molar-refractivity contribution in [1.82, 2.24) is 0 Å². The van der Waals surface area contributed by atoms with Crippen LogP contribution in [0.15, 0.2) is 0 Å². The van der Waals surface area contributed by atoms with Crippen molar-refractivity contribution >= 4 is 10.1 Å². The van der Waals surface area contributed by atoms with Crippen LogP contribution < -0.4 is 0 Å². The summed E-state index contributed by atoms with van der Waals surface area (Å²) in [6.07, 6.45) is 21.0. The first-order valence-corrected chi connectivity index (χ1v) is 12.6. The maximum Gasteiger partial charge on any atom is 0.267 e. The van der Waals surface area contributed by atoms with Gasteiger partial charge < -0.3 is 5.11 Å². The molecule has 26 heavy (non-hydrogen) atoms. The van der Waals surface area contributed by atoms with Crippen LogP contribution in [0.25, 0.3) is 0 Å². The summed E-state index contributed by atoms with van der Waals surface area (Å²) >= 11 is 0. The molecule has 0 fully saturated rings. The Morgan fingerprint density at radius 3 is 1.19 bits per heavy atom. The molecule has 0 bridgehead atoms. The summed E-state index contributed by atoms with van der Waals surface area (Å²) in [6, 6.07) is 0. The van der Waals surface area contributed by atoms with Crippen molar-refractivity contribution in [3.63, 3.8) is 0 Å². The van der Waals surface area contributed by atoms with Gasteiger partial charge in [-0.05, 0) is 19.3 Å². The molecule has 5 heteroatoms. The molecular weight excluding hydrogens is 348 g/mol. The Morgan fingerprint density at radius 2 is 0.923 bits per heavy atom. The molecule has 0 amide bonds. The molecule has 0 aromatic carbocycles. The molecule has 0 aliphatic heterocycles. The fourth-order valence-corrected chi connectivity index (χ4v) is 4.41. The zero-order valence-corrected chi connectivity index (χ0v) is 17.9. The molecule has 0 heterocycles. The zero-order valence-electron chi connectivity index (χ0n) is 17.1. The van der Waals surface area contributed by atoms with E-state index in [1.54, 1.807) is 0 Å². The van der Waals surface area contributed by atoms with Gasteiger partial charge in [0.1, 0.15) is 0 Å². The molecular formula is C21H44O4S. The molecule has 0 aliphatic carbocycles. The second-order valence-electron chi connectivity index (χ2n) is 7.71. The van der Waals surface area contributed by atoms with Crippen LogP contribution in [0.5, 0.6) is 0 Å². The first-order chi connectivity index (χ1) is 12.5. The largest absolute Gasteiger partial charge is 0.396 e. The predicted molar refractivity (Wildman–Crippen MR) is 111 cm³/mol. The van der Waals surface area contributed by atoms with Crippen LogP contribution in [0.2, 0.25) is 0 Å². The number of aliphatic hydroxyl groups is 1. The molecule has 1 unspecified atom stereocenters. The van der Waals surface area contributed by atoms with E-state index in [-0.39, 0.29) is 0 Å². The van der Waals surface area contributed by atoms with Gasteiger partial charge in [0.25, 0.3) is 10.1 Å². The number of rotatable bonds is 20. The van der Waals surface area contributed by atoms with Gasteiger partial charge in [-0.1, -0.05) is 103 Å². The fraction of sp³-hybridized carbons (Fsp3) is 1.00. The Hall–Kier alpha value is -0.130. The standard InChI is InChI=1S/C21H44O4S/c1-2-21(26(23,24)25)19-17-15-13-11-9-7-5-3-4-6-8-10-12-14-16-18-20-22/h21-22H,2-20H2,1H3,(H,23,24,25). The highest BCUT2D eigenvalue weighted by Crippen LogP contribution is 2.16. The normalized spacial score (nSPS) is 13.2. The van der Waals surface area contributed by atoms with E-state index in [4.69, 9.17) is 9.66 Å². The van der Waals surface area contributed by atoms with Crippen molar-refractivity contribution in [3.05, 3.63) is 0 Å². The van der Waals surface area contributed by atoms with Crippen LogP contribution in [0.1, 0.15) is 122 Å². The molecule has 0 rings (SSSR count). The molecule has 4 nitrogen and oxygen atoms in total. The summed E-state index contributed by atoms with van der Waals surface area (Å²) in [5.41, 5.74) is 0. The van der Waals surface area contributed by atoms with Gasteiger partial charge in [0.05, 0.1) is 5.25 Å². The second-order valence-corrected chi connectivity index (χ2v) is 9.41. The van der Waals surface area contributed by atoms with Gasteiger partial charge >= 0.3 is 0 Å². The van der Waals surface area contributed by atoms with E-state index in [0.717, 1.165) is 19.3 Å². The Labute approximate surface area is 162 Å². The minimum Gasteiger partial charge on any atom is -0.396 e. The highest BCUT2D eigenvalue weighted by Gasteiger charge is 2.19. The Kier molecular flexibility index (Phi) is 18.2. The lowest BCUT2D eigenvalue weighted by Crippen LogP contribution is -2.19. The van der Waals surface area contributed by atoms with E-state index in [2.05, 4.69) is 0 Å². The van der Waals surface area contributed by atoms with E-state index >= 15 is 0 Å². The lowest BCUT2D eigenvalue weighted by Gasteiger charge is -2.10. The minimum absolute atomic E-state index is 0.341. The van der Waals surface area contributed by atoms with Gasteiger partial charge in [0, 0.05) is 6.61 Å². The summed E-state index contributed by atoms with van der Waals surface area (Å²) in [5.74, 6) is 0.